The molecule has 0 fully saturated rings. The van der Waals surface area contributed by atoms with Gasteiger partial charge in [0.2, 0.25) is 10.0 Å². The van der Waals surface area contributed by atoms with E-state index in [1.807, 2.05) is 0 Å². The molecule has 0 aliphatic heterocycles. The van der Waals surface area contributed by atoms with Crippen LogP contribution in [0.15, 0.2) is 17.0 Å². The Hall–Kier alpha value is -1.16. The van der Waals surface area contributed by atoms with Crippen LogP contribution in [0.5, 0.6) is 0 Å². The molecule has 0 saturated heterocycles. The second-order valence-corrected chi connectivity index (χ2v) is 7.88. The largest absolute Gasteiger partial charge is 0.301 e. The van der Waals surface area contributed by atoms with Crippen molar-refractivity contribution in [1.29, 1.82) is 0 Å². The lowest BCUT2D eigenvalue weighted by atomic mass is 10.1. The van der Waals surface area contributed by atoms with Crippen molar-refractivity contribution in [2.45, 2.75) is 32.6 Å². The maximum atomic E-state index is 12.2. The van der Waals surface area contributed by atoms with E-state index in [4.69, 9.17) is 5.14 Å². The van der Waals surface area contributed by atoms with Gasteiger partial charge in [0.15, 0.2) is 0 Å². The molecule has 0 spiro atoms. The van der Waals surface area contributed by atoms with Crippen molar-refractivity contribution in [2.75, 3.05) is 17.8 Å². The molecule has 0 heterocycles. The lowest BCUT2D eigenvalue weighted by Crippen LogP contribution is -2.35. The molecule has 0 amide bonds. The van der Waals surface area contributed by atoms with E-state index in [2.05, 4.69) is 4.72 Å². The minimum absolute atomic E-state index is 0.122. The Labute approximate surface area is 126 Å². The first-order chi connectivity index (χ1) is 9.52. The molecule has 1 aromatic rings. The summed E-state index contributed by atoms with van der Waals surface area (Å²) in [6.07, 6.45) is 0. The van der Waals surface area contributed by atoms with E-state index in [9.17, 15) is 16.8 Å². The number of anilines is 1. The van der Waals surface area contributed by atoms with E-state index in [0.717, 1.165) is 0 Å². The Morgan fingerprint density at radius 1 is 1.10 bits per heavy atom. The number of hydrogen-bond acceptors (Lipinski definition) is 4. The molecular formula is C12H21N3O4S2. The Morgan fingerprint density at radius 3 is 2.05 bits per heavy atom. The van der Waals surface area contributed by atoms with Crippen molar-refractivity contribution in [3.05, 3.63) is 23.3 Å². The van der Waals surface area contributed by atoms with Gasteiger partial charge in [-0.25, -0.2) is 13.6 Å². The van der Waals surface area contributed by atoms with Crippen LogP contribution in [0, 0.1) is 13.8 Å². The summed E-state index contributed by atoms with van der Waals surface area (Å²) < 4.78 is 51.0. The van der Waals surface area contributed by atoms with Gasteiger partial charge in [0.25, 0.3) is 0 Å². The first kappa shape index (κ1) is 17.9. The van der Waals surface area contributed by atoms with E-state index in [1.54, 1.807) is 27.7 Å². The van der Waals surface area contributed by atoms with Crippen molar-refractivity contribution in [3.63, 3.8) is 0 Å². The van der Waals surface area contributed by atoms with Crippen LogP contribution in [0.3, 0.4) is 0 Å². The predicted molar refractivity (Wildman–Crippen MR) is 82.8 cm³/mol. The second-order valence-electron chi connectivity index (χ2n) is 4.65. The van der Waals surface area contributed by atoms with Gasteiger partial charge < -0.3 is 0 Å². The van der Waals surface area contributed by atoms with Gasteiger partial charge in [-0.2, -0.15) is 12.7 Å². The Balaban J connectivity index is 3.35. The van der Waals surface area contributed by atoms with Crippen molar-refractivity contribution in [3.8, 4) is 0 Å². The van der Waals surface area contributed by atoms with Crippen LogP contribution in [0.4, 0.5) is 5.69 Å². The summed E-state index contributed by atoms with van der Waals surface area (Å²) in [5.41, 5.74) is 1.50. The highest BCUT2D eigenvalue weighted by molar-refractivity contribution is 7.90. The third kappa shape index (κ3) is 4.16. The van der Waals surface area contributed by atoms with E-state index < -0.39 is 20.2 Å². The van der Waals surface area contributed by atoms with Crippen molar-refractivity contribution >= 4 is 25.9 Å². The molecule has 0 saturated carbocycles. The summed E-state index contributed by atoms with van der Waals surface area (Å²) in [5.74, 6) is 0. The van der Waals surface area contributed by atoms with Crippen molar-refractivity contribution in [2.24, 2.45) is 5.14 Å². The molecule has 0 bridgehead atoms. The molecule has 3 N–H and O–H groups in total. The molecule has 1 rings (SSSR count). The van der Waals surface area contributed by atoms with Crippen LogP contribution in [-0.4, -0.2) is 34.2 Å². The molecule has 0 aliphatic carbocycles. The Kier molecular flexibility index (Phi) is 5.37. The second kappa shape index (κ2) is 6.30. The molecule has 9 heteroatoms. The Bertz CT molecular complexity index is 723. The number of nitrogens with one attached hydrogen (secondary N) is 1. The number of primary sulfonamides is 1. The molecule has 21 heavy (non-hydrogen) atoms. The SMILES string of the molecule is CCN(CC)S(=O)(=O)Nc1cc(S(N)(=O)=O)cc(C)c1C. The van der Waals surface area contributed by atoms with Gasteiger partial charge >= 0.3 is 10.2 Å². The molecule has 120 valence electrons. The summed E-state index contributed by atoms with van der Waals surface area (Å²) in [6, 6.07) is 2.65. The summed E-state index contributed by atoms with van der Waals surface area (Å²) in [6.45, 7) is 7.49. The number of aryl methyl sites for hydroxylation is 1. The maximum Gasteiger partial charge on any atom is 0.301 e. The van der Waals surface area contributed by atoms with Crippen LogP contribution in [0.2, 0.25) is 0 Å². The smallest absolute Gasteiger partial charge is 0.271 e. The van der Waals surface area contributed by atoms with E-state index >= 15 is 0 Å². The fourth-order valence-electron chi connectivity index (χ4n) is 1.86. The summed E-state index contributed by atoms with van der Waals surface area (Å²) in [5, 5.41) is 5.11. The highest BCUT2D eigenvalue weighted by atomic mass is 32.2. The fraction of sp³-hybridized carbons (Fsp3) is 0.500. The summed E-state index contributed by atoms with van der Waals surface area (Å²) in [7, 11) is -7.63. The van der Waals surface area contributed by atoms with Gasteiger partial charge in [-0.05, 0) is 37.1 Å². The zero-order chi connectivity index (χ0) is 16.4. The van der Waals surface area contributed by atoms with Gasteiger partial charge in [-0.3, -0.25) is 4.72 Å². The number of nitrogens with two attached hydrogens (primary N) is 1. The number of hydrogen-bond donors (Lipinski definition) is 2. The van der Waals surface area contributed by atoms with Crippen LogP contribution in [0.1, 0.15) is 25.0 Å². The average Bonchev–Trinajstić information content (AvgIpc) is 2.34. The number of sulfonamides is 1. The van der Waals surface area contributed by atoms with E-state index in [0.29, 0.717) is 24.2 Å². The standard InChI is InChI=1S/C12H21N3O4S2/c1-5-15(6-2)21(18,19)14-12-8-11(20(13,16)17)7-9(3)10(12)4/h7-8,14H,5-6H2,1-4H3,(H2,13,16,17). The molecule has 0 aromatic heterocycles. The van der Waals surface area contributed by atoms with Crippen molar-refractivity contribution in [1.82, 2.24) is 4.31 Å². The lowest BCUT2D eigenvalue weighted by Gasteiger charge is -2.21. The van der Waals surface area contributed by atoms with E-state index in [-0.39, 0.29) is 10.6 Å². The zero-order valence-corrected chi connectivity index (χ0v) is 14.2. The average molecular weight is 335 g/mol. The molecule has 1 aromatic carbocycles. The fourth-order valence-corrected chi connectivity index (χ4v) is 3.79. The number of rotatable bonds is 6. The minimum atomic E-state index is -3.90. The lowest BCUT2D eigenvalue weighted by molar-refractivity contribution is 0.449. The highest BCUT2D eigenvalue weighted by Crippen LogP contribution is 2.25. The summed E-state index contributed by atoms with van der Waals surface area (Å²) >= 11 is 0. The quantitative estimate of drug-likeness (QED) is 0.806. The summed E-state index contributed by atoms with van der Waals surface area (Å²) in [4.78, 5) is -0.122. The third-order valence-electron chi connectivity index (χ3n) is 3.25. The van der Waals surface area contributed by atoms with Gasteiger partial charge in [0, 0.05) is 13.1 Å². The van der Waals surface area contributed by atoms with Gasteiger partial charge in [0.1, 0.15) is 0 Å². The Morgan fingerprint density at radius 2 is 1.62 bits per heavy atom. The number of benzene rings is 1. The molecule has 0 atom stereocenters. The predicted octanol–water partition coefficient (Wildman–Crippen LogP) is 0.949. The van der Waals surface area contributed by atoms with E-state index in [1.165, 1.54) is 16.4 Å². The van der Waals surface area contributed by atoms with Crippen molar-refractivity contribution < 1.29 is 16.8 Å². The third-order valence-corrected chi connectivity index (χ3v) is 5.82. The highest BCUT2D eigenvalue weighted by Gasteiger charge is 2.21. The van der Waals surface area contributed by atoms with Gasteiger partial charge in [-0.15, -0.1) is 0 Å². The van der Waals surface area contributed by atoms with Crippen LogP contribution in [-0.2, 0) is 20.2 Å². The van der Waals surface area contributed by atoms with Crippen LogP contribution < -0.4 is 9.86 Å². The first-order valence-corrected chi connectivity index (χ1v) is 9.43. The molecule has 7 nitrogen and oxygen atoms in total. The minimum Gasteiger partial charge on any atom is -0.271 e. The normalized spacial score (nSPS) is 12.7. The van der Waals surface area contributed by atoms with Crippen LogP contribution in [0.25, 0.3) is 0 Å². The van der Waals surface area contributed by atoms with Gasteiger partial charge in [0.05, 0.1) is 10.6 Å². The zero-order valence-electron chi connectivity index (χ0n) is 12.5. The van der Waals surface area contributed by atoms with Crippen LogP contribution >= 0.6 is 0 Å². The first-order valence-electron chi connectivity index (χ1n) is 6.44. The molecule has 0 radical (unpaired) electrons. The molecular weight excluding hydrogens is 314 g/mol. The maximum absolute atomic E-state index is 12.2. The topological polar surface area (TPSA) is 110 Å². The number of nitrogens with zero attached hydrogens (tertiary/aromatic N) is 1. The monoisotopic (exact) mass is 335 g/mol. The van der Waals surface area contributed by atoms with Gasteiger partial charge in [-0.1, -0.05) is 13.8 Å². The molecule has 0 unspecified atom stereocenters. The molecule has 0 aliphatic rings.